The molecule has 0 saturated carbocycles. The molecule has 1 aromatic heterocycles. The molecule has 28 heavy (non-hydrogen) atoms. The van der Waals surface area contributed by atoms with Crippen LogP contribution in [0.25, 0.3) is 0 Å². The maximum atomic E-state index is 12.8. The minimum absolute atomic E-state index is 0.0317. The van der Waals surface area contributed by atoms with Crippen LogP contribution in [0.4, 0.5) is 5.69 Å². The normalized spacial score (nSPS) is 11.2. The molecule has 5 nitrogen and oxygen atoms in total. The number of pyridine rings is 1. The van der Waals surface area contributed by atoms with Crippen LogP contribution in [-0.2, 0) is 23.0 Å². The number of anilines is 1. The summed E-state index contributed by atoms with van der Waals surface area (Å²) in [5, 5.41) is 0. The van der Waals surface area contributed by atoms with Crippen LogP contribution in [-0.4, -0.2) is 26.3 Å². The van der Waals surface area contributed by atoms with Crippen LogP contribution in [0, 0.1) is 0 Å². The topological polar surface area (TPSA) is 59.5 Å². The summed E-state index contributed by atoms with van der Waals surface area (Å²) in [6.45, 7) is 1.91. The maximum absolute atomic E-state index is 12.8. The molecule has 0 aliphatic carbocycles. The van der Waals surface area contributed by atoms with Gasteiger partial charge in [-0.3, -0.25) is 9.29 Å². The summed E-state index contributed by atoms with van der Waals surface area (Å²) >= 11 is 0. The summed E-state index contributed by atoms with van der Waals surface area (Å²) in [6.07, 6.45) is 4.03. The number of methoxy groups -OCH3 is 1. The van der Waals surface area contributed by atoms with E-state index >= 15 is 0 Å². The maximum Gasteiger partial charge on any atom is 0.235 e. The van der Waals surface area contributed by atoms with E-state index in [9.17, 15) is 8.42 Å². The van der Waals surface area contributed by atoms with Gasteiger partial charge in [-0.15, -0.1) is 0 Å². The zero-order valence-corrected chi connectivity index (χ0v) is 16.9. The Hall–Kier alpha value is -2.86. The third-order valence-corrected chi connectivity index (χ3v) is 6.28. The molecule has 1 heterocycles. The van der Waals surface area contributed by atoms with E-state index in [-0.39, 0.29) is 12.3 Å². The lowest BCUT2D eigenvalue weighted by Crippen LogP contribution is -2.32. The SMILES string of the molecule is CCS(=O)(=O)N(Cc1cccnc1)c1cccc(Cc2ccccc2OC)c1. The van der Waals surface area contributed by atoms with Crippen molar-refractivity contribution < 1.29 is 13.2 Å². The number of aromatic nitrogens is 1. The van der Waals surface area contributed by atoms with Gasteiger partial charge in [0.1, 0.15) is 5.75 Å². The Kier molecular flexibility index (Phi) is 6.31. The number of ether oxygens (including phenoxy) is 1. The second-order valence-electron chi connectivity index (χ2n) is 6.43. The first kappa shape index (κ1) is 19.9. The molecule has 0 aliphatic rings. The number of rotatable bonds is 8. The fraction of sp³-hybridized carbons (Fsp3) is 0.227. The number of hydrogen-bond donors (Lipinski definition) is 0. The number of para-hydroxylation sites is 1. The van der Waals surface area contributed by atoms with Gasteiger partial charge >= 0.3 is 0 Å². The molecule has 0 radical (unpaired) electrons. The average molecular weight is 397 g/mol. The Morgan fingerprint density at radius 1 is 1.00 bits per heavy atom. The highest BCUT2D eigenvalue weighted by atomic mass is 32.2. The predicted octanol–water partition coefficient (Wildman–Crippen LogP) is 4.04. The van der Waals surface area contributed by atoms with Crippen molar-refractivity contribution in [3.8, 4) is 5.75 Å². The molecule has 0 bridgehead atoms. The van der Waals surface area contributed by atoms with Crippen molar-refractivity contribution in [1.29, 1.82) is 0 Å². The van der Waals surface area contributed by atoms with E-state index < -0.39 is 10.0 Å². The molecule has 0 N–H and O–H groups in total. The van der Waals surface area contributed by atoms with Gasteiger partial charge in [0.25, 0.3) is 0 Å². The van der Waals surface area contributed by atoms with Crippen LogP contribution in [0.5, 0.6) is 5.75 Å². The molecule has 146 valence electrons. The van der Waals surface area contributed by atoms with Crippen molar-refractivity contribution in [2.24, 2.45) is 0 Å². The molecule has 6 heteroatoms. The average Bonchev–Trinajstić information content (AvgIpc) is 2.73. The first-order valence-electron chi connectivity index (χ1n) is 9.13. The van der Waals surface area contributed by atoms with Gasteiger partial charge in [-0.1, -0.05) is 36.4 Å². The van der Waals surface area contributed by atoms with Crippen molar-refractivity contribution in [2.45, 2.75) is 19.9 Å². The van der Waals surface area contributed by atoms with Gasteiger partial charge in [0, 0.05) is 18.8 Å². The molecule has 0 fully saturated rings. The zero-order valence-electron chi connectivity index (χ0n) is 16.1. The summed E-state index contributed by atoms with van der Waals surface area (Å²) in [5.74, 6) is 0.852. The van der Waals surface area contributed by atoms with Gasteiger partial charge in [-0.25, -0.2) is 8.42 Å². The van der Waals surface area contributed by atoms with Gasteiger partial charge < -0.3 is 4.74 Å². The standard InChI is InChI=1S/C22H24N2O3S/c1-3-28(25,26)24(17-19-9-7-13-23-16-19)21-11-6-8-18(15-21)14-20-10-4-5-12-22(20)27-2/h4-13,15-16H,3,14,17H2,1-2H3. The van der Waals surface area contributed by atoms with E-state index in [1.54, 1.807) is 26.4 Å². The molecule has 0 saturated heterocycles. The van der Waals surface area contributed by atoms with Gasteiger partial charge in [0.15, 0.2) is 0 Å². The molecule has 0 spiro atoms. The number of nitrogens with zero attached hydrogens (tertiary/aromatic N) is 2. The van der Waals surface area contributed by atoms with E-state index in [4.69, 9.17) is 4.74 Å². The second kappa shape index (κ2) is 8.89. The van der Waals surface area contributed by atoms with Gasteiger partial charge in [-0.2, -0.15) is 0 Å². The van der Waals surface area contributed by atoms with Crippen molar-refractivity contribution in [3.63, 3.8) is 0 Å². The van der Waals surface area contributed by atoms with Crippen LogP contribution in [0.3, 0.4) is 0 Å². The second-order valence-corrected chi connectivity index (χ2v) is 8.61. The van der Waals surface area contributed by atoms with Crippen LogP contribution in [0.1, 0.15) is 23.6 Å². The van der Waals surface area contributed by atoms with Crippen molar-refractivity contribution in [3.05, 3.63) is 89.7 Å². The van der Waals surface area contributed by atoms with Gasteiger partial charge in [0.2, 0.25) is 10.0 Å². The van der Waals surface area contributed by atoms with E-state index in [1.807, 2.05) is 60.7 Å². The predicted molar refractivity (Wildman–Crippen MR) is 112 cm³/mol. The minimum Gasteiger partial charge on any atom is -0.496 e. The van der Waals surface area contributed by atoms with E-state index in [0.29, 0.717) is 12.1 Å². The Labute approximate surface area is 166 Å². The summed E-state index contributed by atoms with van der Waals surface area (Å²) in [5.41, 5.74) is 3.57. The third-order valence-electron chi connectivity index (χ3n) is 4.54. The molecular formula is C22H24N2O3S. The lowest BCUT2D eigenvalue weighted by Gasteiger charge is -2.24. The summed E-state index contributed by atoms with van der Waals surface area (Å²) < 4.78 is 32.4. The van der Waals surface area contributed by atoms with E-state index in [0.717, 1.165) is 22.4 Å². The lowest BCUT2D eigenvalue weighted by molar-refractivity contribution is 0.410. The number of benzene rings is 2. The van der Waals surface area contributed by atoms with Gasteiger partial charge in [0.05, 0.1) is 25.1 Å². The monoisotopic (exact) mass is 396 g/mol. The highest BCUT2D eigenvalue weighted by Crippen LogP contribution is 2.26. The van der Waals surface area contributed by atoms with Crippen LogP contribution in [0.15, 0.2) is 73.1 Å². The Morgan fingerprint density at radius 2 is 1.79 bits per heavy atom. The summed E-state index contributed by atoms with van der Waals surface area (Å²) in [4.78, 5) is 4.10. The molecule has 0 unspecified atom stereocenters. The third kappa shape index (κ3) is 4.70. The minimum atomic E-state index is -3.43. The highest BCUT2D eigenvalue weighted by molar-refractivity contribution is 7.92. The number of sulfonamides is 1. The van der Waals surface area contributed by atoms with Crippen molar-refractivity contribution in [2.75, 3.05) is 17.2 Å². The highest BCUT2D eigenvalue weighted by Gasteiger charge is 2.21. The summed E-state index contributed by atoms with van der Waals surface area (Å²) in [7, 11) is -1.78. The van der Waals surface area contributed by atoms with Crippen molar-refractivity contribution in [1.82, 2.24) is 4.98 Å². The molecule has 0 aliphatic heterocycles. The molecule has 2 aromatic carbocycles. The molecule has 3 rings (SSSR count). The first-order valence-corrected chi connectivity index (χ1v) is 10.7. The fourth-order valence-corrected chi connectivity index (χ4v) is 4.15. The van der Waals surface area contributed by atoms with E-state index in [2.05, 4.69) is 4.98 Å². The Bertz CT molecular complexity index is 1020. The quantitative estimate of drug-likeness (QED) is 0.577. The smallest absolute Gasteiger partial charge is 0.235 e. The molecular weight excluding hydrogens is 372 g/mol. The zero-order chi connectivity index (χ0) is 20.0. The van der Waals surface area contributed by atoms with Crippen LogP contribution < -0.4 is 9.04 Å². The number of hydrogen-bond acceptors (Lipinski definition) is 4. The Morgan fingerprint density at radius 3 is 2.50 bits per heavy atom. The lowest BCUT2D eigenvalue weighted by atomic mass is 10.0. The Balaban J connectivity index is 1.94. The fourth-order valence-electron chi connectivity index (χ4n) is 3.05. The van der Waals surface area contributed by atoms with Crippen LogP contribution >= 0.6 is 0 Å². The van der Waals surface area contributed by atoms with Crippen molar-refractivity contribution >= 4 is 15.7 Å². The molecule has 0 amide bonds. The largest absolute Gasteiger partial charge is 0.496 e. The van der Waals surface area contributed by atoms with Crippen LogP contribution in [0.2, 0.25) is 0 Å². The molecule has 0 atom stereocenters. The molecule has 3 aromatic rings. The van der Waals surface area contributed by atoms with E-state index in [1.165, 1.54) is 4.31 Å². The van der Waals surface area contributed by atoms with Gasteiger partial charge in [-0.05, 0) is 47.9 Å². The first-order chi connectivity index (χ1) is 13.5. The summed E-state index contributed by atoms with van der Waals surface area (Å²) in [6, 6.07) is 19.2.